The van der Waals surface area contributed by atoms with E-state index >= 15 is 0 Å². The first-order valence-corrected chi connectivity index (χ1v) is 3.52. The molecular formula is C6H16N2O2. The van der Waals surface area contributed by atoms with Gasteiger partial charge in [0.25, 0.3) is 0 Å². The van der Waals surface area contributed by atoms with Gasteiger partial charge in [-0.2, -0.15) is 0 Å². The molecule has 0 aliphatic heterocycles. The minimum absolute atomic E-state index is 0.119. The highest BCUT2D eigenvalue weighted by Crippen LogP contribution is 1.88. The van der Waals surface area contributed by atoms with Crippen LogP contribution >= 0.6 is 0 Å². The summed E-state index contributed by atoms with van der Waals surface area (Å²) in [5.41, 5.74) is 5.50. The molecule has 4 nitrogen and oxygen atoms in total. The monoisotopic (exact) mass is 148 g/mol. The second-order valence-corrected chi connectivity index (χ2v) is 2.28. The maximum Gasteiger partial charge on any atom is 0.164 e. The average Bonchev–Trinajstić information content (AvgIpc) is 1.85. The Morgan fingerprint density at radius 2 is 2.10 bits per heavy atom. The molecule has 4 heteroatoms. The lowest BCUT2D eigenvalue weighted by Gasteiger charge is -2.12. The molecule has 0 spiro atoms. The molecular weight excluding hydrogens is 132 g/mol. The fourth-order valence-corrected chi connectivity index (χ4v) is 0.670. The van der Waals surface area contributed by atoms with Crippen LogP contribution in [0, 0.1) is 0 Å². The summed E-state index contributed by atoms with van der Waals surface area (Å²) in [7, 11) is 0. The van der Waals surface area contributed by atoms with Gasteiger partial charge in [-0.3, -0.25) is 5.32 Å². The molecule has 0 bridgehead atoms. The van der Waals surface area contributed by atoms with Crippen LogP contribution < -0.4 is 11.1 Å². The third kappa shape index (κ3) is 5.97. The quantitative estimate of drug-likeness (QED) is 0.376. The van der Waals surface area contributed by atoms with Crippen molar-refractivity contribution < 1.29 is 10.2 Å². The summed E-state index contributed by atoms with van der Waals surface area (Å²) in [6.45, 7) is 2.16. The molecule has 0 aromatic carbocycles. The van der Waals surface area contributed by atoms with E-state index < -0.39 is 6.29 Å². The van der Waals surface area contributed by atoms with Crippen molar-refractivity contribution in [3.8, 4) is 0 Å². The largest absolute Gasteiger partial charge is 0.367 e. The molecule has 1 unspecified atom stereocenters. The topological polar surface area (TPSA) is 78.5 Å². The van der Waals surface area contributed by atoms with Gasteiger partial charge in [-0.1, -0.05) is 13.3 Å². The third-order valence-corrected chi connectivity index (χ3v) is 1.16. The van der Waals surface area contributed by atoms with Crippen LogP contribution in [0.3, 0.4) is 0 Å². The Morgan fingerprint density at radius 3 is 2.50 bits per heavy atom. The van der Waals surface area contributed by atoms with Crippen LogP contribution in [0.4, 0.5) is 0 Å². The van der Waals surface area contributed by atoms with Crippen molar-refractivity contribution in [2.75, 3.05) is 6.54 Å². The Labute approximate surface area is 61.0 Å². The molecule has 0 aromatic heterocycles. The second-order valence-electron chi connectivity index (χ2n) is 2.28. The van der Waals surface area contributed by atoms with Gasteiger partial charge in [-0.25, -0.2) is 0 Å². The first kappa shape index (κ1) is 9.84. The predicted octanol–water partition coefficient (Wildman–Crippen LogP) is -1.03. The predicted molar refractivity (Wildman–Crippen MR) is 39.1 cm³/mol. The maximum absolute atomic E-state index is 8.41. The van der Waals surface area contributed by atoms with Crippen molar-refractivity contribution in [2.45, 2.75) is 32.2 Å². The van der Waals surface area contributed by atoms with E-state index in [-0.39, 0.29) is 12.7 Å². The summed E-state index contributed by atoms with van der Waals surface area (Å²) in [6.07, 6.45) is 0.428. The van der Waals surface area contributed by atoms with Crippen LogP contribution in [0.2, 0.25) is 0 Å². The first-order valence-electron chi connectivity index (χ1n) is 3.52. The zero-order valence-electron chi connectivity index (χ0n) is 6.25. The van der Waals surface area contributed by atoms with Crippen molar-refractivity contribution >= 4 is 0 Å². The van der Waals surface area contributed by atoms with Crippen molar-refractivity contribution in [3.63, 3.8) is 0 Å². The molecule has 0 rings (SSSR count). The number of nitrogens with one attached hydrogen (secondary N) is 1. The van der Waals surface area contributed by atoms with E-state index in [9.17, 15) is 0 Å². The van der Waals surface area contributed by atoms with Gasteiger partial charge in [0.1, 0.15) is 0 Å². The highest BCUT2D eigenvalue weighted by atomic mass is 16.5. The lowest BCUT2D eigenvalue weighted by molar-refractivity contribution is -0.0389. The molecule has 10 heavy (non-hydrogen) atoms. The lowest BCUT2D eigenvalue weighted by atomic mass is 10.3. The van der Waals surface area contributed by atoms with Crippen LogP contribution in [0.5, 0.6) is 0 Å². The third-order valence-electron chi connectivity index (χ3n) is 1.16. The molecule has 0 aliphatic rings. The lowest BCUT2D eigenvalue weighted by Crippen LogP contribution is -2.41. The summed E-state index contributed by atoms with van der Waals surface area (Å²) in [4.78, 5) is 0. The number of hydrogen-bond donors (Lipinski definition) is 4. The van der Waals surface area contributed by atoms with Crippen LogP contribution in [-0.4, -0.2) is 29.2 Å². The minimum atomic E-state index is -1.30. The van der Waals surface area contributed by atoms with E-state index in [0.29, 0.717) is 0 Å². The van der Waals surface area contributed by atoms with Gasteiger partial charge in [0.2, 0.25) is 0 Å². The average molecular weight is 148 g/mol. The van der Waals surface area contributed by atoms with Crippen molar-refractivity contribution in [3.05, 3.63) is 0 Å². The van der Waals surface area contributed by atoms with Crippen molar-refractivity contribution in [2.24, 2.45) is 5.73 Å². The zero-order valence-corrected chi connectivity index (χ0v) is 6.25. The van der Waals surface area contributed by atoms with Gasteiger partial charge in [0.05, 0.1) is 6.17 Å². The van der Waals surface area contributed by atoms with E-state index in [0.717, 1.165) is 12.8 Å². The molecule has 0 amide bonds. The molecule has 0 saturated heterocycles. The summed E-state index contributed by atoms with van der Waals surface area (Å²) >= 11 is 0. The maximum atomic E-state index is 8.41. The van der Waals surface area contributed by atoms with Gasteiger partial charge in [-0.05, 0) is 6.42 Å². The number of aliphatic hydroxyl groups excluding tert-OH is 1. The highest BCUT2D eigenvalue weighted by Gasteiger charge is 2.01. The number of hydrogen-bond acceptors (Lipinski definition) is 4. The van der Waals surface area contributed by atoms with Crippen LogP contribution in [-0.2, 0) is 0 Å². The van der Waals surface area contributed by atoms with Gasteiger partial charge in [-0.15, -0.1) is 0 Å². The summed E-state index contributed by atoms with van der Waals surface area (Å²) in [5, 5.41) is 19.6. The Kier molecular flexibility index (Phi) is 5.52. The molecule has 0 heterocycles. The summed E-state index contributed by atoms with van der Waals surface area (Å²) in [5.74, 6) is 0. The molecule has 5 N–H and O–H groups in total. The fraction of sp³-hybridized carbons (Fsp3) is 1.00. The van der Waals surface area contributed by atoms with E-state index in [1.165, 1.54) is 0 Å². The van der Waals surface area contributed by atoms with Gasteiger partial charge < -0.3 is 15.9 Å². The first-order chi connectivity index (χ1) is 4.66. The zero-order chi connectivity index (χ0) is 7.98. The van der Waals surface area contributed by atoms with Crippen LogP contribution in [0.25, 0.3) is 0 Å². The Bertz CT molecular complexity index is 78.1. The molecule has 0 fully saturated rings. The molecule has 0 saturated carbocycles. The molecule has 0 aliphatic carbocycles. The van der Waals surface area contributed by atoms with Crippen LogP contribution in [0.1, 0.15) is 19.8 Å². The minimum Gasteiger partial charge on any atom is -0.367 e. The fourth-order valence-electron chi connectivity index (χ4n) is 0.670. The summed E-state index contributed by atoms with van der Waals surface area (Å²) < 4.78 is 0. The molecule has 62 valence electrons. The van der Waals surface area contributed by atoms with Crippen molar-refractivity contribution in [1.82, 2.24) is 5.32 Å². The smallest absolute Gasteiger partial charge is 0.164 e. The highest BCUT2D eigenvalue weighted by molar-refractivity contribution is 4.57. The molecule has 0 aromatic rings. The molecule has 0 radical (unpaired) electrons. The van der Waals surface area contributed by atoms with Gasteiger partial charge in [0.15, 0.2) is 6.29 Å². The Balaban J connectivity index is 3.12. The normalized spacial score (nSPS) is 14.1. The SMILES string of the molecule is CCCC(N)NCC(O)O. The van der Waals surface area contributed by atoms with Crippen molar-refractivity contribution in [1.29, 1.82) is 0 Å². The number of rotatable bonds is 5. The van der Waals surface area contributed by atoms with E-state index in [1.54, 1.807) is 0 Å². The number of aliphatic hydroxyl groups is 2. The molecule has 1 atom stereocenters. The van der Waals surface area contributed by atoms with Gasteiger partial charge >= 0.3 is 0 Å². The van der Waals surface area contributed by atoms with Gasteiger partial charge in [0, 0.05) is 6.54 Å². The Morgan fingerprint density at radius 1 is 1.50 bits per heavy atom. The summed E-state index contributed by atoms with van der Waals surface area (Å²) in [6, 6.07) is 0. The Hall–Kier alpha value is -0.160. The van der Waals surface area contributed by atoms with E-state index in [1.807, 2.05) is 6.92 Å². The standard InChI is InChI=1S/C6H16N2O2/c1-2-3-5(7)8-4-6(9)10/h5-6,8-10H,2-4,7H2,1H3. The van der Waals surface area contributed by atoms with Crippen LogP contribution in [0.15, 0.2) is 0 Å². The van der Waals surface area contributed by atoms with E-state index in [2.05, 4.69) is 5.32 Å². The van der Waals surface area contributed by atoms with E-state index in [4.69, 9.17) is 15.9 Å². The second kappa shape index (κ2) is 5.61. The number of nitrogens with two attached hydrogens (primary N) is 1.